The highest BCUT2D eigenvalue weighted by molar-refractivity contribution is 7.86. The van der Waals surface area contributed by atoms with Crippen molar-refractivity contribution in [2.45, 2.75) is 31.3 Å². The van der Waals surface area contributed by atoms with Gasteiger partial charge in [-0.15, -0.1) is 0 Å². The topological polar surface area (TPSA) is 90.9 Å². The van der Waals surface area contributed by atoms with Gasteiger partial charge in [0.05, 0.1) is 17.0 Å². The third-order valence-corrected chi connectivity index (χ3v) is 5.87. The quantitative estimate of drug-likeness (QED) is 0.807. The average molecular weight is 389 g/mol. The summed E-state index contributed by atoms with van der Waals surface area (Å²) in [5, 5.41) is 2.81. The summed E-state index contributed by atoms with van der Waals surface area (Å²) in [7, 11) is -3.88. The van der Waals surface area contributed by atoms with Gasteiger partial charge in [-0.1, -0.05) is 17.7 Å². The van der Waals surface area contributed by atoms with Gasteiger partial charge in [-0.05, 0) is 37.6 Å². The van der Waals surface area contributed by atoms with Gasteiger partial charge in [0.15, 0.2) is 17.6 Å². The summed E-state index contributed by atoms with van der Waals surface area (Å²) in [6.07, 6.45) is -0.391. The van der Waals surface area contributed by atoms with Crippen molar-refractivity contribution < 1.29 is 26.9 Å². The lowest BCUT2D eigenvalue weighted by molar-refractivity contribution is -0.115. The molecule has 142 valence electrons. The molecule has 4 rings (SSSR count). The van der Waals surface area contributed by atoms with Crippen molar-refractivity contribution in [2.24, 2.45) is 0 Å². The zero-order chi connectivity index (χ0) is 19.2. The predicted octanol–water partition coefficient (Wildman–Crippen LogP) is 2.34. The molecule has 1 amide bonds. The molecule has 1 atom stereocenters. The van der Waals surface area contributed by atoms with Gasteiger partial charge < -0.3 is 14.8 Å². The summed E-state index contributed by atoms with van der Waals surface area (Å²) in [4.78, 5) is 11.8. The lowest BCUT2D eigenvalue weighted by Crippen LogP contribution is -2.34. The number of fused-ring (bicyclic) bond motifs is 3. The Kier molecular flexibility index (Phi) is 4.32. The Morgan fingerprint density at radius 3 is 2.70 bits per heavy atom. The van der Waals surface area contributed by atoms with Crippen LogP contribution in [0.5, 0.6) is 11.5 Å². The Labute approximate surface area is 157 Å². The van der Waals surface area contributed by atoms with Crippen molar-refractivity contribution in [3.63, 3.8) is 0 Å². The van der Waals surface area contributed by atoms with E-state index in [-0.39, 0.29) is 30.4 Å². The van der Waals surface area contributed by atoms with Crippen molar-refractivity contribution in [3.05, 3.63) is 47.0 Å². The van der Waals surface area contributed by atoms with Crippen LogP contribution in [0.15, 0.2) is 35.2 Å². The molecule has 2 aromatic rings. The zero-order valence-electron chi connectivity index (χ0n) is 14.9. The summed E-state index contributed by atoms with van der Waals surface area (Å²) in [6, 6.07) is 8.24. The van der Waals surface area contributed by atoms with Crippen molar-refractivity contribution in [1.29, 1.82) is 0 Å². The highest BCUT2D eigenvalue weighted by Gasteiger charge is 2.32. The molecule has 1 N–H and O–H groups in total. The van der Waals surface area contributed by atoms with Crippen molar-refractivity contribution >= 4 is 21.7 Å². The Hall–Kier alpha value is -2.58. The number of amides is 1. The molecular weight excluding hydrogens is 370 g/mol. The van der Waals surface area contributed by atoms with Crippen LogP contribution in [0, 0.1) is 13.8 Å². The Bertz CT molecular complexity index is 1010. The van der Waals surface area contributed by atoms with Crippen molar-refractivity contribution in [2.75, 3.05) is 18.5 Å². The standard InChI is InChI=1S/C19H19NO6S/c1-11-3-5-14(6-4-11)27(22,23)25-10-13-9-24-16-7-12(2)18-15(19(16)26-13)8-17(21)20-18/h3-7,13H,8-10H2,1-2H3,(H,20,21)/t13-/m1/s1. The van der Waals surface area contributed by atoms with Gasteiger partial charge in [0.1, 0.15) is 13.2 Å². The number of benzene rings is 2. The lowest BCUT2D eigenvalue weighted by Gasteiger charge is -2.28. The Balaban J connectivity index is 1.50. The number of carbonyl (C=O) groups is 1. The summed E-state index contributed by atoms with van der Waals surface area (Å²) < 4.78 is 41.5. The van der Waals surface area contributed by atoms with Crippen LogP contribution in [0.25, 0.3) is 0 Å². The van der Waals surface area contributed by atoms with E-state index in [1.807, 2.05) is 13.8 Å². The first-order valence-electron chi connectivity index (χ1n) is 8.55. The van der Waals surface area contributed by atoms with Crippen LogP contribution in [0.1, 0.15) is 16.7 Å². The third-order valence-electron chi connectivity index (χ3n) is 4.57. The molecule has 0 saturated carbocycles. The molecule has 2 aliphatic heterocycles. The fraction of sp³-hybridized carbons (Fsp3) is 0.316. The summed E-state index contributed by atoms with van der Waals surface area (Å²) >= 11 is 0. The molecule has 0 radical (unpaired) electrons. The van der Waals surface area contributed by atoms with Gasteiger partial charge in [-0.3, -0.25) is 8.98 Å². The molecule has 0 saturated heterocycles. The number of anilines is 1. The monoisotopic (exact) mass is 389 g/mol. The minimum absolute atomic E-state index is 0.0940. The molecule has 2 aromatic carbocycles. The molecule has 0 unspecified atom stereocenters. The smallest absolute Gasteiger partial charge is 0.297 e. The molecule has 27 heavy (non-hydrogen) atoms. The highest BCUT2D eigenvalue weighted by Crippen LogP contribution is 2.44. The number of ether oxygens (including phenoxy) is 2. The second kappa shape index (κ2) is 6.54. The van der Waals surface area contributed by atoms with E-state index in [1.54, 1.807) is 18.2 Å². The fourth-order valence-electron chi connectivity index (χ4n) is 3.16. The molecule has 2 heterocycles. The summed E-state index contributed by atoms with van der Waals surface area (Å²) in [5.41, 5.74) is 3.33. The second-order valence-corrected chi connectivity index (χ2v) is 8.32. The van der Waals surface area contributed by atoms with Gasteiger partial charge >= 0.3 is 0 Å². The molecule has 0 bridgehead atoms. The number of rotatable bonds is 4. The maximum atomic E-state index is 12.3. The largest absolute Gasteiger partial charge is 0.486 e. The lowest BCUT2D eigenvalue weighted by atomic mass is 10.1. The molecule has 0 aromatic heterocycles. The van der Waals surface area contributed by atoms with E-state index < -0.39 is 16.2 Å². The number of hydrogen-bond donors (Lipinski definition) is 1. The maximum absolute atomic E-state index is 12.3. The van der Waals surface area contributed by atoms with Gasteiger partial charge in [0.2, 0.25) is 5.91 Å². The first kappa shape index (κ1) is 17.8. The molecular formula is C19H19NO6S. The van der Waals surface area contributed by atoms with E-state index >= 15 is 0 Å². The first-order chi connectivity index (χ1) is 12.8. The Morgan fingerprint density at radius 1 is 1.22 bits per heavy atom. The number of carbonyl (C=O) groups excluding carboxylic acids is 1. The molecule has 2 aliphatic rings. The molecule has 7 nitrogen and oxygen atoms in total. The van der Waals surface area contributed by atoms with Gasteiger partial charge in [0.25, 0.3) is 10.1 Å². The zero-order valence-corrected chi connectivity index (χ0v) is 15.8. The van der Waals surface area contributed by atoms with E-state index in [1.165, 1.54) is 12.1 Å². The first-order valence-corrected chi connectivity index (χ1v) is 9.96. The van der Waals surface area contributed by atoms with Crippen LogP contribution in [0.3, 0.4) is 0 Å². The number of nitrogens with one attached hydrogen (secondary N) is 1. The van der Waals surface area contributed by atoms with Crippen LogP contribution in [0.4, 0.5) is 5.69 Å². The Morgan fingerprint density at radius 2 is 1.96 bits per heavy atom. The van der Waals surface area contributed by atoms with Crippen LogP contribution in [-0.4, -0.2) is 33.6 Å². The van der Waals surface area contributed by atoms with E-state index in [0.717, 1.165) is 22.4 Å². The van der Waals surface area contributed by atoms with Crippen molar-refractivity contribution in [1.82, 2.24) is 0 Å². The van der Waals surface area contributed by atoms with E-state index in [0.29, 0.717) is 11.5 Å². The van der Waals surface area contributed by atoms with E-state index in [4.69, 9.17) is 13.7 Å². The summed E-state index contributed by atoms with van der Waals surface area (Å²) in [5.74, 6) is 0.923. The fourth-order valence-corrected chi connectivity index (χ4v) is 4.10. The minimum Gasteiger partial charge on any atom is -0.486 e. The van der Waals surface area contributed by atoms with Gasteiger partial charge in [-0.25, -0.2) is 0 Å². The maximum Gasteiger partial charge on any atom is 0.297 e. The predicted molar refractivity (Wildman–Crippen MR) is 97.7 cm³/mol. The number of hydrogen-bond acceptors (Lipinski definition) is 6. The van der Waals surface area contributed by atoms with Crippen LogP contribution < -0.4 is 14.8 Å². The van der Waals surface area contributed by atoms with Gasteiger partial charge in [-0.2, -0.15) is 8.42 Å². The van der Waals surface area contributed by atoms with E-state index in [2.05, 4.69) is 5.32 Å². The third kappa shape index (κ3) is 3.38. The minimum atomic E-state index is -3.88. The molecule has 8 heteroatoms. The summed E-state index contributed by atoms with van der Waals surface area (Å²) in [6.45, 7) is 3.74. The van der Waals surface area contributed by atoms with Gasteiger partial charge in [0, 0.05) is 5.56 Å². The second-order valence-electron chi connectivity index (χ2n) is 6.70. The van der Waals surface area contributed by atoms with Crippen LogP contribution >= 0.6 is 0 Å². The molecule has 0 spiro atoms. The molecule has 0 fully saturated rings. The normalized spacial score (nSPS) is 18.1. The number of aryl methyl sites for hydroxylation is 2. The average Bonchev–Trinajstić information content (AvgIpc) is 3.03. The SMILES string of the molecule is Cc1ccc(S(=O)(=O)OC[C@H]2COc3cc(C)c4c(c3O2)CC(=O)N4)cc1. The van der Waals surface area contributed by atoms with Crippen LogP contribution in [0.2, 0.25) is 0 Å². The highest BCUT2D eigenvalue weighted by atomic mass is 32.2. The van der Waals surface area contributed by atoms with Crippen LogP contribution in [-0.2, 0) is 25.5 Å². The molecule has 0 aliphatic carbocycles. The van der Waals surface area contributed by atoms with Crippen molar-refractivity contribution in [3.8, 4) is 11.5 Å². The van der Waals surface area contributed by atoms with E-state index in [9.17, 15) is 13.2 Å².